The Hall–Kier alpha value is -2.91. The first-order chi connectivity index (χ1) is 16.7. The Labute approximate surface area is 201 Å². The average Bonchev–Trinajstić information content (AvgIpc) is 3.42. The molecule has 1 atom stereocenters. The highest BCUT2D eigenvalue weighted by molar-refractivity contribution is 5.94. The number of amides is 1. The van der Waals surface area contributed by atoms with Crippen LogP contribution in [-0.4, -0.2) is 105 Å². The maximum Gasteiger partial charge on any atom is 0.254 e. The lowest BCUT2D eigenvalue weighted by Crippen LogP contribution is -2.49. The van der Waals surface area contributed by atoms with E-state index in [-0.39, 0.29) is 5.91 Å². The lowest BCUT2D eigenvalue weighted by atomic mass is 10.1. The molecule has 1 aromatic carbocycles. The van der Waals surface area contributed by atoms with E-state index < -0.39 is 0 Å². The SMILES string of the molecule is COc1cccc(C(=O)N2CCN(c3ccc(N4CCN(CC5CCCO5)CC4)nn3)CC2)c1. The van der Waals surface area contributed by atoms with Gasteiger partial charge in [0.15, 0.2) is 11.6 Å². The summed E-state index contributed by atoms with van der Waals surface area (Å²) in [4.78, 5) is 21.8. The molecule has 1 amide bonds. The first kappa shape index (κ1) is 22.9. The number of hydrogen-bond donors (Lipinski definition) is 0. The predicted octanol–water partition coefficient (Wildman–Crippen LogP) is 1.75. The fraction of sp³-hybridized carbons (Fsp3) is 0.560. The number of benzene rings is 1. The number of piperazine rings is 2. The summed E-state index contributed by atoms with van der Waals surface area (Å²) >= 11 is 0. The van der Waals surface area contributed by atoms with E-state index in [0.717, 1.165) is 64.1 Å². The van der Waals surface area contributed by atoms with Crippen LogP contribution in [0.25, 0.3) is 0 Å². The minimum Gasteiger partial charge on any atom is -0.497 e. The minimum atomic E-state index is 0.0404. The fourth-order valence-corrected chi connectivity index (χ4v) is 4.97. The number of methoxy groups -OCH3 is 1. The van der Waals surface area contributed by atoms with Gasteiger partial charge in [0.2, 0.25) is 0 Å². The number of hydrogen-bond acceptors (Lipinski definition) is 8. The van der Waals surface area contributed by atoms with Crippen LogP contribution in [-0.2, 0) is 4.74 Å². The molecule has 5 rings (SSSR count). The molecule has 1 unspecified atom stereocenters. The van der Waals surface area contributed by atoms with Crippen LogP contribution in [0.2, 0.25) is 0 Å². The van der Waals surface area contributed by atoms with Crippen molar-refractivity contribution in [3.63, 3.8) is 0 Å². The summed E-state index contributed by atoms with van der Waals surface area (Å²) < 4.78 is 11.0. The van der Waals surface area contributed by atoms with Crippen molar-refractivity contribution in [2.45, 2.75) is 18.9 Å². The first-order valence-corrected chi connectivity index (χ1v) is 12.3. The lowest BCUT2D eigenvalue weighted by Gasteiger charge is -2.37. The van der Waals surface area contributed by atoms with Crippen LogP contribution in [0.1, 0.15) is 23.2 Å². The largest absolute Gasteiger partial charge is 0.497 e. The average molecular weight is 467 g/mol. The normalized spacial score (nSPS) is 21.7. The van der Waals surface area contributed by atoms with Gasteiger partial charge in [0.1, 0.15) is 5.75 Å². The molecule has 182 valence electrons. The van der Waals surface area contributed by atoms with E-state index in [2.05, 4.69) is 37.0 Å². The molecule has 0 saturated carbocycles. The second kappa shape index (κ2) is 10.6. The number of anilines is 2. The summed E-state index contributed by atoms with van der Waals surface area (Å²) in [6.07, 6.45) is 2.80. The van der Waals surface area contributed by atoms with Crippen LogP contribution in [0.3, 0.4) is 0 Å². The van der Waals surface area contributed by atoms with Crippen LogP contribution in [0, 0.1) is 0 Å². The fourth-order valence-electron chi connectivity index (χ4n) is 4.97. The molecule has 4 heterocycles. The number of carbonyl (C=O) groups excluding carboxylic acids is 1. The van der Waals surface area contributed by atoms with Gasteiger partial charge in [0, 0.05) is 71.1 Å². The summed E-state index contributed by atoms with van der Waals surface area (Å²) in [6, 6.07) is 11.5. The summed E-state index contributed by atoms with van der Waals surface area (Å²) in [5, 5.41) is 9.03. The Kier molecular flexibility index (Phi) is 7.10. The number of ether oxygens (including phenoxy) is 2. The van der Waals surface area contributed by atoms with Crippen LogP contribution in [0.5, 0.6) is 5.75 Å². The van der Waals surface area contributed by atoms with Gasteiger partial charge < -0.3 is 24.2 Å². The standard InChI is InChI=1S/C25H34N6O3/c1-33-21-5-2-4-20(18-21)25(32)31-15-13-30(14-16-31)24-8-7-23(26-27-24)29-11-9-28(10-12-29)19-22-6-3-17-34-22/h2,4-5,7-8,18,22H,3,6,9-17,19H2,1H3. The Morgan fingerprint density at radius 3 is 2.24 bits per heavy atom. The molecule has 0 radical (unpaired) electrons. The second-order valence-electron chi connectivity index (χ2n) is 9.18. The van der Waals surface area contributed by atoms with E-state index >= 15 is 0 Å². The lowest BCUT2D eigenvalue weighted by molar-refractivity contribution is 0.0712. The van der Waals surface area contributed by atoms with Gasteiger partial charge in [-0.1, -0.05) is 6.07 Å². The summed E-state index contributed by atoms with van der Waals surface area (Å²) in [5.74, 6) is 2.55. The zero-order valence-electron chi connectivity index (χ0n) is 19.9. The molecular weight excluding hydrogens is 432 g/mol. The van der Waals surface area contributed by atoms with E-state index in [9.17, 15) is 4.79 Å². The second-order valence-corrected chi connectivity index (χ2v) is 9.18. The van der Waals surface area contributed by atoms with Crippen LogP contribution in [0.15, 0.2) is 36.4 Å². The van der Waals surface area contributed by atoms with Crippen molar-refractivity contribution in [3.05, 3.63) is 42.0 Å². The Bertz CT molecular complexity index is 949. The maximum atomic E-state index is 12.9. The van der Waals surface area contributed by atoms with Crippen molar-refractivity contribution >= 4 is 17.5 Å². The van der Waals surface area contributed by atoms with E-state index in [0.29, 0.717) is 30.5 Å². The van der Waals surface area contributed by atoms with Crippen LogP contribution >= 0.6 is 0 Å². The molecule has 1 aromatic heterocycles. The van der Waals surface area contributed by atoms with E-state index in [1.54, 1.807) is 13.2 Å². The summed E-state index contributed by atoms with van der Waals surface area (Å²) in [6.45, 7) is 8.76. The van der Waals surface area contributed by atoms with Gasteiger partial charge in [0.05, 0.1) is 13.2 Å². The molecule has 0 aliphatic carbocycles. The van der Waals surface area contributed by atoms with Gasteiger partial charge >= 0.3 is 0 Å². The van der Waals surface area contributed by atoms with Gasteiger partial charge in [-0.3, -0.25) is 9.69 Å². The minimum absolute atomic E-state index is 0.0404. The van der Waals surface area contributed by atoms with Gasteiger partial charge in [0.25, 0.3) is 5.91 Å². The molecule has 3 fully saturated rings. The van der Waals surface area contributed by atoms with Gasteiger partial charge in [-0.15, -0.1) is 10.2 Å². The maximum absolute atomic E-state index is 12.9. The highest BCUT2D eigenvalue weighted by Crippen LogP contribution is 2.20. The number of carbonyl (C=O) groups is 1. The predicted molar refractivity (Wildman–Crippen MR) is 131 cm³/mol. The zero-order chi connectivity index (χ0) is 23.3. The molecule has 9 heteroatoms. The number of rotatable bonds is 6. The van der Waals surface area contributed by atoms with E-state index in [1.165, 1.54) is 12.8 Å². The van der Waals surface area contributed by atoms with Crippen molar-refractivity contribution in [3.8, 4) is 5.75 Å². The molecule has 34 heavy (non-hydrogen) atoms. The quantitative estimate of drug-likeness (QED) is 0.638. The van der Waals surface area contributed by atoms with Gasteiger partial charge in [-0.2, -0.15) is 0 Å². The number of nitrogens with zero attached hydrogens (tertiary/aromatic N) is 6. The monoisotopic (exact) mass is 466 g/mol. The van der Waals surface area contributed by atoms with Gasteiger partial charge in [-0.25, -0.2) is 0 Å². The third kappa shape index (κ3) is 5.26. The van der Waals surface area contributed by atoms with Crippen LogP contribution in [0.4, 0.5) is 11.6 Å². The van der Waals surface area contributed by atoms with Crippen molar-refractivity contribution in [1.82, 2.24) is 20.0 Å². The Balaban J connectivity index is 1.10. The van der Waals surface area contributed by atoms with E-state index in [1.807, 2.05) is 23.1 Å². The molecule has 3 aliphatic heterocycles. The molecule has 3 aliphatic rings. The molecule has 9 nitrogen and oxygen atoms in total. The molecular formula is C25H34N6O3. The third-order valence-electron chi connectivity index (χ3n) is 7.03. The summed E-state index contributed by atoms with van der Waals surface area (Å²) in [5.41, 5.74) is 0.660. The molecule has 0 bridgehead atoms. The Morgan fingerprint density at radius 1 is 0.971 bits per heavy atom. The topological polar surface area (TPSA) is 74.3 Å². The molecule has 2 aromatic rings. The van der Waals surface area contributed by atoms with Crippen molar-refractivity contribution in [2.24, 2.45) is 0 Å². The van der Waals surface area contributed by atoms with Crippen LogP contribution < -0.4 is 14.5 Å². The smallest absolute Gasteiger partial charge is 0.254 e. The third-order valence-corrected chi connectivity index (χ3v) is 7.03. The number of aromatic nitrogens is 2. The Morgan fingerprint density at radius 2 is 1.65 bits per heavy atom. The summed E-state index contributed by atoms with van der Waals surface area (Å²) in [7, 11) is 1.61. The zero-order valence-corrected chi connectivity index (χ0v) is 19.9. The van der Waals surface area contributed by atoms with E-state index in [4.69, 9.17) is 9.47 Å². The molecule has 0 spiro atoms. The van der Waals surface area contributed by atoms with Crippen molar-refractivity contribution in [2.75, 3.05) is 82.4 Å². The highest BCUT2D eigenvalue weighted by Gasteiger charge is 2.25. The van der Waals surface area contributed by atoms with Crippen molar-refractivity contribution in [1.29, 1.82) is 0 Å². The highest BCUT2D eigenvalue weighted by atomic mass is 16.5. The molecule has 0 N–H and O–H groups in total. The molecule has 3 saturated heterocycles. The van der Waals surface area contributed by atoms with Gasteiger partial charge in [-0.05, 0) is 43.2 Å². The first-order valence-electron chi connectivity index (χ1n) is 12.3. The van der Waals surface area contributed by atoms with Crippen molar-refractivity contribution < 1.29 is 14.3 Å².